The second kappa shape index (κ2) is 15.5. The van der Waals surface area contributed by atoms with Crippen LogP contribution >= 0.6 is 0 Å². The minimum absolute atomic E-state index is 0.895. The summed E-state index contributed by atoms with van der Waals surface area (Å²) in [5.41, 5.74) is 14.5. The molecule has 0 saturated carbocycles. The second-order valence-electron chi connectivity index (χ2n) is 17.3. The first-order valence-electron chi connectivity index (χ1n) is 22.6. The van der Waals surface area contributed by atoms with Gasteiger partial charge in [0.05, 0.1) is 0 Å². The minimum Gasteiger partial charge on any atom is -0.455 e. The van der Waals surface area contributed by atoms with Crippen molar-refractivity contribution in [3.63, 3.8) is 0 Å². The molecule has 0 unspecified atom stereocenters. The van der Waals surface area contributed by atoms with Crippen LogP contribution in [0.5, 0.6) is 0 Å². The maximum absolute atomic E-state index is 6.57. The van der Waals surface area contributed by atoms with E-state index in [0.717, 1.165) is 55.5 Å². The van der Waals surface area contributed by atoms with E-state index < -0.39 is 0 Å². The molecule has 0 aliphatic heterocycles. The van der Waals surface area contributed by atoms with Gasteiger partial charge in [-0.3, -0.25) is 0 Å². The van der Waals surface area contributed by atoms with Gasteiger partial charge in [-0.25, -0.2) is 0 Å². The zero-order valence-electron chi connectivity index (χ0n) is 36.0. The van der Waals surface area contributed by atoms with Gasteiger partial charge in [-0.1, -0.05) is 182 Å². The molecule has 0 fully saturated rings. The molecular formula is C64H41NO. The van der Waals surface area contributed by atoms with Crippen molar-refractivity contribution in [3.8, 4) is 44.5 Å². The Morgan fingerprint density at radius 2 is 0.773 bits per heavy atom. The van der Waals surface area contributed by atoms with Crippen molar-refractivity contribution in [1.29, 1.82) is 0 Å². The molecule has 0 N–H and O–H groups in total. The summed E-state index contributed by atoms with van der Waals surface area (Å²) >= 11 is 0. The van der Waals surface area contributed by atoms with E-state index in [0.29, 0.717) is 0 Å². The summed E-state index contributed by atoms with van der Waals surface area (Å²) in [6.07, 6.45) is 0. The van der Waals surface area contributed by atoms with Gasteiger partial charge < -0.3 is 9.32 Å². The minimum atomic E-state index is 0.895. The van der Waals surface area contributed by atoms with E-state index in [2.05, 4.69) is 254 Å². The SMILES string of the molecule is c1cc(-c2ccc(N(c3ccc(-c4cc5ccccc5c5ccccc45)cc3)c3ccc(-c4cccc5oc6c7ccccc7ccc6c45)cc3)cc2)cc(-c2ccc3ccccc3c2)c1. The van der Waals surface area contributed by atoms with Gasteiger partial charge in [0.1, 0.15) is 11.2 Å². The molecule has 2 heteroatoms. The Balaban J connectivity index is 0.897. The third-order valence-corrected chi connectivity index (χ3v) is 13.4. The van der Waals surface area contributed by atoms with Crippen molar-refractivity contribution in [2.45, 2.75) is 0 Å². The molecule has 0 aliphatic rings. The monoisotopic (exact) mass is 839 g/mol. The Morgan fingerprint density at radius 1 is 0.258 bits per heavy atom. The predicted octanol–water partition coefficient (Wildman–Crippen LogP) is 18.3. The lowest BCUT2D eigenvalue weighted by Gasteiger charge is -2.26. The Labute approximate surface area is 382 Å². The van der Waals surface area contributed by atoms with Gasteiger partial charge in [-0.2, -0.15) is 0 Å². The van der Waals surface area contributed by atoms with E-state index in [4.69, 9.17) is 4.42 Å². The maximum Gasteiger partial charge on any atom is 0.143 e. The lowest BCUT2D eigenvalue weighted by molar-refractivity contribution is 0.673. The van der Waals surface area contributed by atoms with Crippen LogP contribution in [-0.4, -0.2) is 0 Å². The second-order valence-corrected chi connectivity index (χ2v) is 17.3. The van der Waals surface area contributed by atoms with Crippen LogP contribution in [0.1, 0.15) is 0 Å². The molecule has 0 radical (unpaired) electrons. The van der Waals surface area contributed by atoms with Gasteiger partial charge in [0.25, 0.3) is 0 Å². The highest BCUT2D eigenvalue weighted by atomic mass is 16.3. The number of furan rings is 1. The molecule has 0 bridgehead atoms. The van der Waals surface area contributed by atoms with Gasteiger partial charge in [0, 0.05) is 33.2 Å². The number of nitrogens with zero attached hydrogens (tertiary/aromatic N) is 1. The van der Waals surface area contributed by atoms with Crippen LogP contribution in [0.3, 0.4) is 0 Å². The van der Waals surface area contributed by atoms with E-state index in [-0.39, 0.29) is 0 Å². The molecule has 13 aromatic rings. The average Bonchev–Trinajstić information content (AvgIpc) is 3.79. The van der Waals surface area contributed by atoms with E-state index >= 15 is 0 Å². The van der Waals surface area contributed by atoms with Crippen molar-refractivity contribution in [1.82, 2.24) is 0 Å². The van der Waals surface area contributed by atoms with Crippen LogP contribution in [0.25, 0.3) is 110 Å². The van der Waals surface area contributed by atoms with Gasteiger partial charge in [0.15, 0.2) is 0 Å². The highest BCUT2D eigenvalue weighted by Gasteiger charge is 2.18. The molecule has 66 heavy (non-hydrogen) atoms. The topological polar surface area (TPSA) is 16.4 Å². The van der Waals surface area contributed by atoms with Gasteiger partial charge in [-0.15, -0.1) is 0 Å². The molecule has 0 spiro atoms. The molecule has 0 aliphatic carbocycles. The van der Waals surface area contributed by atoms with Crippen LogP contribution in [0, 0.1) is 0 Å². The van der Waals surface area contributed by atoms with Crippen LogP contribution in [0.4, 0.5) is 17.1 Å². The molecule has 0 atom stereocenters. The molecule has 0 saturated heterocycles. The summed E-state index contributed by atoms with van der Waals surface area (Å²) in [5, 5.41) is 12.1. The molecule has 13 rings (SSSR count). The highest BCUT2D eigenvalue weighted by Crippen LogP contribution is 2.43. The first-order chi connectivity index (χ1) is 32.7. The van der Waals surface area contributed by atoms with E-state index in [1.807, 2.05) is 0 Å². The third-order valence-electron chi connectivity index (χ3n) is 13.4. The smallest absolute Gasteiger partial charge is 0.143 e. The Hall–Kier alpha value is -8.72. The maximum atomic E-state index is 6.57. The number of hydrogen-bond acceptors (Lipinski definition) is 2. The first-order valence-corrected chi connectivity index (χ1v) is 22.6. The van der Waals surface area contributed by atoms with Crippen molar-refractivity contribution in [2.24, 2.45) is 0 Å². The quantitative estimate of drug-likeness (QED) is 0.149. The highest BCUT2D eigenvalue weighted by molar-refractivity contribution is 6.19. The molecular weight excluding hydrogens is 799 g/mol. The summed E-state index contributed by atoms with van der Waals surface area (Å²) < 4.78 is 6.57. The van der Waals surface area contributed by atoms with Gasteiger partial charge in [0.2, 0.25) is 0 Å². The summed E-state index contributed by atoms with van der Waals surface area (Å²) in [6, 6.07) is 90.2. The van der Waals surface area contributed by atoms with E-state index in [1.54, 1.807) is 0 Å². The zero-order valence-corrected chi connectivity index (χ0v) is 36.0. The fourth-order valence-electron chi connectivity index (χ4n) is 10.2. The van der Waals surface area contributed by atoms with Crippen LogP contribution < -0.4 is 4.90 Å². The summed E-state index contributed by atoms with van der Waals surface area (Å²) in [5.74, 6) is 0. The number of hydrogen-bond donors (Lipinski definition) is 0. The molecule has 0 amide bonds. The van der Waals surface area contributed by atoms with Gasteiger partial charge in [-0.05, 0) is 149 Å². The summed E-state index contributed by atoms with van der Waals surface area (Å²) in [6.45, 7) is 0. The fraction of sp³-hybridized carbons (Fsp3) is 0. The average molecular weight is 840 g/mol. The van der Waals surface area contributed by atoms with Gasteiger partial charge >= 0.3 is 0 Å². The molecule has 1 aromatic heterocycles. The number of rotatable bonds is 7. The van der Waals surface area contributed by atoms with Crippen LogP contribution in [-0.2, 0) is 0 Å². The van der Waals surface area contributed by atoms with Crippen molar-refractivity contribution < 1.29 is 4.42 Å². The zero-order chi connectivity index (χ0) is 43.6. The fourth-order valence-corrected chi connectivity index (χ4v) is 10.2. The van der Waals surface area contributed by atoms with E-state index in [1.165, 1.54) is 71.1 Å². The van der Waals surface area contributed by atoms with Crippen molar-refractivity contribution >= 4 is 82.1 Å². The molecule has 308 valence electrons. The van der Waals surface area contributed by atoms with Crippen LogP contribution in [0.2, 0.25) is 0 Å². The molecule has 12 aromatic carbocycles. The Morgan fingerprint density at radius 3 is 1.50 bits per heavy atom. The lowest BCUT2D eigenvalue weighted by atomic mass is 9.93. The van der Waals surface area contributed by atoms with Crippen LogP contribution in [0.15, 0.2) is 253 Å². The lowest BCUT2D eigenvalue weighted by Crippen LogP contribution is -2.09. The number of anilines is 3. The Kier molecular flexibility index (Phi) is 8.89. The largest absolute Gasteiger partial charge is 0.455 e. The molecule has 1 heterocycles. The molecule has 2 nitrogen and oxygen atoms in total. The predicted molar refractivity (Wildman–Crippen MR) is 280 cm³/mol. The Bertz CT molecular complexity index is 3970. The summed E-state index contributed by atoms with van der Waals surface area (Å²) in [4.78, 5) is 2.36. The standard InChI is InChI=1S/C64H41NO/c1-2-13-47-40-50(24-23-42(47)11-1)49-16-9-15-48(39-49)43-25-32-52(33-26-43)65(54-36-29-46(30-37-54)61-41-51-14-4-5-17-55(51)58-19-7-8-20-59(58)61)53-34-27-45(28-35-53)56-21-10-22-62-63(56)60-38-31-44-12-3-6-18-57(44)64(60)66-62/h1-41H. The van der Waals surface area contributed by atoms with E-state index in [9.17, 15) is 0 Å². The normalized spacial score (nSPS) is 11.6. The number of fused-ring (bicyclic) bond motifs is 9. The van der Waals surface area contributed by atoms with Crippen molar-refractivity contribution in [2.75, 3.05) is 4.90 Å². The summed E-state index contributed by atoms with van der Waals surface area (Å²) in [7, 11) is 0. The first kappa shape index (κ1) is 37.8. The van der Waals surface area contributed by atoms with Crippen molar-refractivity contribution in [3.05, 3.63) is 249 Å². The third kappa shape index (κ3) is 6.42. The number of benzene rings is 12.